The Bertz CT molecular complexity index is 773. The van der Waals surface area contributed by atoms with Crippen molar-refractivity contribution in [2.45, 2.75) is 13.3 Å². The van der Waals surface area contributed by atoms with E-state index in [9.17, 15) is 14.9 Å². The number of rotatable bonds is 4. The smallest absolute Gasteiger partial charge is 0.272 e. The molecule has 1 heterocycles. The lowest BCUT2D eigenvalue weighted by atomic mass is 10.2. The number of nitro benzene ring substituents is 1. The van der Waals surface area contributed by atoms with Crippen LogP contribution in [-0.2, 0) is 11.2 Å². The van der Waals surface area contributed by atoms with Gasteiger partial charge in [0.15, 0.2) is 6.61 Å². The lowest BCUT2D eigenvalue weighted by Gasteiger charge is -2.17. The highest BCUT2D eigenvalue weighted by atomic mass is 16.6. The number of hydrogen-bond acceptors (Lipinski definition) is 4. The minimum absolute atomic E-state index is 0.0390. The molecule has 3 rings (SSSR count). The molecule has 1 aliphatic rings. The Hall–Kier alpha value is -2.89. The van der Waals surface area contributed by atoms with Gasteiger partial charge in [0.2, 0.25) is 0 Å². The van der Waals surface area contributed by atoms with E-state index >= 15 is 0 Å². The second-order valence-electron chi connectivity index (χ2n) is 5.42. The van der Waals surface area contributed by atoms with Crippen LogP contribution in [-0.4, -0.2) is 24.0 Å². The first-order valence-electron chi connectivity index (χ1n) is 7.32. The van der Waals surface area contributed by atoms with E-state index in [0.29, 0.717) is 17.9 Å². The number of nitrogens with zero attached hydrogens (tertiary/aromatic N) is 2. The molecular weight excluding hydrogens is 296 g/mol. The van der Waals surface area contributed by atoms with Gasteiger partial charge in [-0.15, -0.1) is 0 Å². The zero-order valence-electron chi connectivity index (χ0n) is 12.7. The minimum Gasteiger partial charge on any atom is -0.484 e. The van der Waals surface area contributed by atoms with Gasteiger partial charge >= 0.3 is 0 Å². The van der Waals surface area contributed by atoms with Crippen LogP contribution < -0.4 is 9.64 Å². The van der Waals surface area contributed by atoms with Crippen molar-refractivity contribution >= 4 is 17.3 Å². The van der Waals surface area contributed by atoms with Gasteiger partial charge in [-0.25, -0.2) is 0 Å². The normalized spacial score (nSPS) is 12.8. The molecule has 0 fully saturated rings. The van der Waals surface area contributed by atoms with Crippen LogP contribution in [0.15, 0.2) is 42.5 Å². The Morgan fingerprint density at radius 3 is 2.83 bits per heavy atom. The highest BCUT2D eigenvalue weighted by molar-refractivity contribution is 5.96. The average molecular weight is 312 g/mol. The molecule has 2 aromatic rings. The molecule has 0 atom stereocenters. The number of ether oxygens (including phenoxy) is 1. The predicted molar refractivity (Wildman–Crippen MR) is 85.8 cm³/mol. The van der Waals surface area contributed by atoms with Crippen LogP contribution in [0.3, 0.4) is 0 Å². The third-order valence-corrected chi connectivity index (χ3v) is 3.92. The fourth-order valence-electron chi connectivity index (χ4n) is 2.74. The summed E-state index contributed by atoms with van der Waals surface area (Å²) in [4.78, 5) is 24.4. The van der Waals surface area contributed by atoms with Crippen molar-refractivity contribution in [1.29, 1.82) is 0 Å². The number of amides is 1. The monoisotopic (exact) mass is 312 g/mol. The summed E-state index contributed by atoms with van der Waals surface area (Å²) in [5.74, 6) is 0.333. The summed E-state index contributed by atoms with van der Waals surface area (Å²) in [6, 6.07) is 12.3. The van der Waals surface area contributed by atoms with Crippen LogP contribution in [0.4, 0.5) is 11.4 Å². The summed E-state index contributed by atoms with van der Waals surface area (Å²) in [7, 11) is 0. The number of benzene rings is 2. The number of carbonyl (C=O) groups excluding carboxylic acids is 1. The van der Waals surface area contributed by atoms with E-state index < -0.39 is 4.92 Å². The van der Waals surface area contributed by atoms with Gasteiger partial charge in [0.05, 0.1) is 4.92 Å². The zero-order valence-corrected chi connectivity index (χ0v) is 12.7. The Labute approximate surface area is 133 Å². The third-order valence-electron chi connectivity index (χ3n) is 3.92. The fourth-order valence-corrected chi connectivity index (χ4v) is 2.74. The van der Waals surface area contributed by atoms with Gasteiger partial charge in [-0.2, -0.15) is 0 Å². The van der Waals surface area contributed by atoms with Gasteiger partial charge < -0.3 is 9.64 Å². The molecule has 1 aliphatic heterocycles. The molecule has 23 heavy (non-hydrogen) atoms. The van der Waals surface area contributed by atoms with E-state index in [1.54, 1.807) is 17.9 Å². The first-order valence-corrected chi connectivity index (χ1v) is 7.32. The number of carbonyl (C=O) groups is 1. The quantitative estimate of drug-likeness (QED) is 0.643. The standard InChI is InChI=1S/C17H16N2O4/c1-12-10-14(6-7-15(12)19(21)22)23-11-17(20)18-9-8-13-4-2-3-5-16(13)18/h2-7,10H,8-9,11H2,1H3. The van der Waals surface area contributed by atoms with Crippen molar-refractivity contribution < 1.29 is 14.5 Å². The maximum Gasteiger partial charge on any atom is 0.272 e. The van der Waals surface area contributed by atoms with Crippen LogP contribution in [0, 0.1) is 17.0 Å². The Morgan fingerprint density at radius 1 is 1.30 bits per heavy atom. The van der Waals surface area contributed by atoms with Crippen LogP contribution in [0.2, 0.25) is 0 Å². The molecule has 6 heteroatoms. The Balaban J connectivity index is 1.66. The average Bonchev–Trinajstić information content (AvgIpc) is 2.96. The molecule has 118 valence electrons. The number of nitro groups is 1. The number of aryl methyl sites for hydroxylation is 1. The fraction of sp³-hybridized carbons (Fsp3) is 0.235. The van der Waals surface area contributed by atoms with Crippen molar-refractivity contribution in [2.24, 2.45) is 0 Å². The van der Waals surface area contributed by atoms with E-state index in [2.05, 4.69) is 0 Å². The SMILES string of the molecule is Cc1cc(OCC(=O)N2CCc3ccccc32)ccc1[N+](=O)[O-]. The molecular formula is C17H16N2O4. The maximum absolute atomic E-state index is 12.3. The summed E-state index contributed by atoms with van der Waals surface area (Å²) in [5.41, 5.74) is 2.64. The lowest BCUT2D eigenvalue weighted by Crippen LogP contribution is -2.33. The van der Waals surface area contributed by atoms with E-state index in [1.807, 2.05) is 24.3 Å². The van der Waals surface area contributed by atoms with Gasteiger partial charge in [-0.05, 0) is 37.1 Å². The van der Waals surface area contributed by atoms with Crippen molar-refractivity contribution in [3.8, 4) is 5.75 Å². The summed E-state index contributed by atoms with van der Waals surface area (Å²) < 4.78 is 5.50. The van der Waals surface area contributed by atoms with Crippen LogP contribution >= 0.6 is 0 Å². The molecule has 1 amide bonds. The second kappa shape index (κ2) is 6.08. The molecule has 0 unspecified atom stereocenters. The molecule has 0 aromatic heterocycles. The van der Waals surface area contributed by atoms with E-state index in [-0.39, 0.29) is 18.2 Å². The molecule has 0 N–H and O–H groups in total. The van der Waals surface area contributed by atoms with Crippen LogP contribution in [0.5, 0.6) is 5.75 Å². The highest BCUT2D eigenvalue weighted by Crippen LogP contribution is 2.28. The molecule has 6 nitrogen and oxygen atoms in total. The summed E-state index contributed by atoms with van der Waals surface area (Å²) in [6.45, 7) is 2.20. The number of hydrogen-bond donors (Lipinski definition) is 0. The Morgan fingerprint density at radius 2 is 2.09 bits per heavy atom. The first-order chi connectivity index (χ1) is 11.1. The number of para-hydroxylation sites is 1. The van der Waals surface area contributed by atoms with Crippen LogP contribution in [0.25, 0.3) is 0 Å². The highest BCUT2D eigenvalue weighted by Gasteiger charge is 2.24. The van der Waals surface area contributed by atoms with Gasteiger partial charge in [-0.1, -0.05) is 18.2 Å². The molecule has 0 spiro atoms. The van der Waals surface area contributed by atoms with E-state index in [1.165, 1.54) is 12.1 Å². The van der Waals surface area contributed by atoms with Crippen molar-refractivity contribution in [1.82, 2.24) is 0 Å². The summed E-state index contributed by atoms with van der Waals surface area (Å²) in [6.07, 6.45) is 0.846. The lowest BCUT2D eigenvalue weighted by molar-refractivity contribution is -0.385. The van der Waals surface area contributed by atoms with Gasteiger partial charge in [0.1, 0.15) is 5.75 Å². The largest absolute Gasteiger partial charge is 0.484 e. The van der Waals surface area contributed by atoms with Crippen molar-refractivity contribution in [3.63, 3.8) is 0 Å². The summed E-state index contributed by atoms with van der Waals surface area (Å²) >= 11 is 0. The molecule has 2 aromatic carbocycles. The van der Waals surface area contributed by atoms with E-state index in [4.69, 9.17) is 4.74 Å². The minimum atomic E-state index is -0.439. The molecule has 0 saturated carbocycles. The first kappa shape index (κ1) is 15.0. The zero-order chi connectivity index (χ0) is 16.4. The van der Waals surface area contributed by atoms with Crippen LogP contribution in [0.1, 0.15) is 11.1 Å². The van der Waals surface area contributed by atoms with Gasteiger partial charge in [0, 0.05) is 23.9 Å². The predicted octanol–water partition coefficient (Wildman–Crippen LogP) is 2.87. The van der Waals surface area contributed by atoms with Crippen molar-refractivity contribution in [2.75, 3.05) is 18.1 Å². The topological polar surface area (TPSA) is 72.7 Å². The number of anilines is 1. The van der Waals surface area contributed by atoms with Gasteiger partial charge in [0.25, 0.3) is 11.6 Å². The van der Waals surface area contributed by atoms with Crippen molar-refractivity contribution in [3.05, 3.63) is 63.7 Å². The number of fused-ring (bicyclic) bond motifs is 1. The molecule has 0 saturated heterocycles. The Kier molecular flexibility index (Phi) is 3.97. The molecule has 0 bridgehead atoms. The molecule has 0 radical (unpaired) electrons. The summed E-state index contributed by atoms with van der Waals surface area (Å²) in [5, 5.41) is 10.8. The second-order valence-corrected chi connectivity index (χ2v) is 5.42. The third kappa shape index (κ3) is 3.01. The van der Waals surface area contributed by atoms with Gasteiger partial charge in [-0.3, -0.25) is 14.9 Å². The molecule has 0 aliphatic carbocycles. The van der Waals surface area contributed by atoms with E-state index in [0.717, 1.165) is 17.7 Å². The maximum atomic E-state index is 12.3.